The van der Waals surface area contributed by atoms with E-state index in [1.54, 1.807) is 0 Å². The Morgan fingerprint density at radius 2 is 1.16 bits per heavy atom. The molecule has 0 aromatic heterocycles. The van der Waals surface area contributed by atoms with Gasteiger partial charge in [0.25, 0.3) is 11.4 Å². The molecule has 0 radical (unpaired) electrons. The standard InChI is InChI=1S/C34H28N4O11/c1-48-25-13-20(39)14-26(49-2)30(25)28-21-11-12-22-27(33(42)35(31(22)40)16-3-7-18(8-4-16)37(44)45)23(21)15-24-29(28)34(43)36(32(24)41)17-5-9-19(10-6-17)38(46)47/h3-11,13-14,22-24,27-29,39H,12,15H2,1-2H3/t22-,23+,24+,27-,28-,29+/m0/s1. The smallest absolute Gasteiger partial charge is 0.269 e. The lowest BCUT2D eigenvalue weighted by molar-refractivity contribution is -0.385. The molecule has 1 N–H and O–H groups in total. The zero-order chi connectivity index (χ0) is 34.9. The van der Waals surface area contributed by atoms with E-state index < -0.39 is 69.0 Å². The van der Waals surface area contributed by atoms with Crippen LogP contribution in [0.2, 0.25) is 0 Å². The molecule has 2 saturated heterocycles. The normalized spacial score (nSPS) is 25.8. The highest BCUT2D eigenvalue weighted by Crippen LogP contribution is 2.61. The summed E-state index contributed by atoms with van der Waals surface area (Å²) in [5.41, 5.74) is 0.918. The molecule has 0 unspecified atom stereocenters. The summed E-state index contributed by atoms with van der Waals surface area (Å²) in [6, 6.07) is 12.9. The van der Waals surface area contributed by atoms with Crippen LogP contribution in [-0.2, 0) is 19.2 Å². The second-order valence-electron chi connectivity index (χ2n) is 12.4. The molecule has 0 bridgehead atoms. The lowest BCUT2D eigenvalue weighted by Crippen LogP contribution is -2.43. The maximum Gasteiger partial charge on any atom is 0.269 e. The number of carbonyl (C=O) groups excluding carboxylic acids is 4. The van der Waals surface area contributed by atoms with Crippen LogP contribution in [0, 0.1) is 49.8 Å². The number of nitro benzene ring substituents is 2. The Morgan fingerprint density at radius 3 is 1.63 bits per heavy atom. The largest absolute Gasteiger partial charge is 0.508 e. The molecule has 4 amide bonds. The van der Waals surface area contributed by atoms with Gasteiger partial charge in [-0.2, -0.15) is 0 Å². The molecule has 0 spiro atoms. The van der Waals surface area contributed by atoms with Crippen LogP contribution in [0.5, 0.6) is 17.2 Å². The minimum Gasteiger partial charge on any atom is -0.508 e. The molecule has 4 aliphatic rings. The fourth-order valence-corrected chi connectivity index (χ4v) is 8.10. The summed E-state index contributed by atoms with van der Waals surface area (Å²) in [4.78, 5) is 80.0. The monoisotopic (exact) mass is 668 g/mol. The van der Waals surface area contributed by atoms with Crippen molar-refractivity contribution in [3.8, 4) is 17.2 Å². The van der Waals surface area contributed by atoms with E-state index >= 15 is 0 Å². The second kappa shape index (κ2) is 11.5. The van der Waals surface area contributed by atoms with Crippen molar-refractivity contribution in [3.05, 3.63) is 98.1 Å². The van der Waals surface area contributed by atoms with Crippen LogP contribution in [0.3, 0.4) is 0 Å². The summed E-state index contributed by atoms with van der Waals surface area (Å²) in [6.45, 7) is 0. The van der Waals surface area contributed by atoms with Gasteiger partial charge in [0.05, 0.1) is 59.1 Å². The first-order valence-electron chi connectivity index (χ1n) is 15.4. The van der Waals surface area contributed by atoms with Gasteiger partial charge in [-0.05, 0) is 43.0 Å². The topological polar surface area (TPSA) is 200 Å². The van der Waals surface area contributed by atoms with Gasteiger partial charge in [-0.15, -0.1) is 0 Å². The third-order valence-corrected chi connectivity index (χ3v) is 10.1. The number of ether oxygens (including phenoxy) is 2. The minimum absolute atomic E-state index is 0.0536. The van der Waals surface area contributed by atoms with Crippen molar-refractivity contribution < 1.29 is 43.6 Å². The van der Waals surface area contributed by atoms with E-state index in [9.17, 15) is 44.5 Å². The van der Waals surface area contributed by atoms with Crippen LogP contribution >= 0.6 is 0 Å². The number of aromatic hydroxyl groups is 1. The number of carbonyl (C=O) groups is 4. The second-order valence-corrected chi connectivity index (χ2v) is 12.4. The van der Waals surface area contributed by atoms with Crippen LogP contribution in [0.1, 0.15) is 24.3 Å². The summed E-state index contributed by atoms with van der Waals surface area (Å²) in [5.74, 6) is -7.15. The van der Waals surface area contributed by atoms with Crippen LogP contribution in [0.4, 0.5) is 22.7 Å². The Kier molecular flexibility index (Phi) is 7.41. The minimum atomic E-state index is -1.01. The number of allylic oxidation sites excluding steroid dienone is 2. The third kappa shape index (κ3) is 4.71. The molecule has 250 valence electrons. The fourth-order valence-electron chi connectivity index (χ4n) is 8.10. The van der Waals surface area contributed by atoms with E-state index in [1.165, 1.54) is 74.9 Å². The summed E-state index contributed by atoms with van der Waals surface area (Å²) in [7, 11) is 2.76. The number of non-ortho nitro benzene ring substituents is 2. The molecule has 3 aromatic rings. The van der Waals surface area contributed by atoms with Crippen molar-refractivity contribution in [2.24, 2.45) is 29.6 Å². The Hall–Kier alpha value is -6.12. The van der Waals surface area contributed by atoms with E-state index in [1.807, 2.05) is 6.08 Å². The van der Waals surface area contributed by atoms with Gasteiger partial charge in [0.2, 0.25) is 23.6 Å². The highest BCUT2D eigenvalue weighted by atomic mass is 16.6. The first-order valence-corrected chi connectivity index (χ1v) is 15.4. The quantitative estimate of drug-likeness (QED) is 0.163. The van der Waals surface area contributed by atoms with Crippen molar-refractivity contribution in [1.82, 2.24) is 0 Å². The van der Waals surface area contributed by atoms with Gasteiger partial charge in [-0.25, -0.2) is 0 Å². The van der Waals surface area contributed by atoms with Gasteiger partial charge >= 0.3 is 0 Å². The molecular weight excluding hydrogens is 640 g/mol. The zero-order valence-corrected chi connectivity index (χ0v) is 26.0. The number of phenols is 1. The number of anilines is 2. The number of hydrogen-bond acceptors (Lipinski definition) is 11. The predicted molar refractivity (Wildman–Crippen MR) is 170 cm³/mol. The summed E-state index contributed by atoms with van der Waals surface area (Å²) < 4.78 is 11.3. The zero-order valence-electron chi connectivity index (χ0n) is 26.0. The third-order valence-electron chi connectivity index (χ3n) is 10.1. The summed E-state index contributed by atoms with van der Waals surface area (Å²) in [6.07, 6.45) is 2.03. The Morgan fingerprint density at radius 1 is 0.694 bits per heavy atom. The number of amides is 4. The first-order chi connectivity index (χ1) is 23.5. The number of nitro groups is 2. The molecule has 2 aliphatic heterocycles. The van der Waals surface area contributed by atoms with E-state index in [2.05, 4.69) is 0 Å². The first kappa shape index (κ1) is 31.5. The summed E-state index contributed by atoms with van der Waals surface area (Å²) >= 11 is 0. The molecule has 2 aliphatic carbocycles. The van der Waals surface area contributed by atoms with Gasteiger partial charge in [-0.1, -0.05) is 11.6 Å². The van der Waals surface area contributed by atoms with E-state index in [4.69, 9.17) is 9.47 Å². The Labute approximate surface area is 277 Å². The van der Waals surface area contributed by atoms with Crippen LogP contribution < -0.4 is 19.3 Å². The SMILES string of the molecule is COc1cc(O)cc(OC)c1[C@H]1C2=CC[C@@H]3C(=O)N(c4ccc([N+](=O)[O-])cc4)C(=O)[C@@H]3[C@@H]2C[C@H]2C(=O)N(c3ccc([N+](=O)[O-])cc3)C(=O)[C@@H]12. The predicted octanol–water partition coefficient (Wildman–Crippen LogP) is 4.27. The molecule has 3 aromatic carbocycles. The molecular formula is C34H28N4O11. The fraction of sp³-hybridized carbons (Fsp3) is 0.294. The van der Waals surface area contributed by atoms with Crippen LogP contribution in [-0.4, -0.2) is 52.8 Å². The highest BCUT2D eigenvalue weighted by molar-refractivity contribution is 6.24. The Bertz CT molecular complexity index is 1970. The molecule has 15 heteroatoms. The molecule has 15 nitrogen and oxygen atoms in total. The van der Waals surface area contributed by atoms with Crippen LogP contribution in [0.25, 0.3) is 0 Å². The van der Waals surface area contributed by atoms with E-state index in [0.717, 1.165) is 9.80 Å². The average Bonchev–Trinajstić information content (AvgIpc) is 3.50. The maximum absolute atomic E-state index is 14.4. The number of rotatable bonds is 7. The highest BCUT2D eigenvalue weighted by Gasteiger charge is 2.63. The molecule has 7 rings (SSSR count). The molecule has 1 saturated carbocycles. The maximum atomic E-state index is 14.4. The number of imide groups is 2. The van der Waals surface area contributed by atoms with E-state index in [0.29, 0.717) is 11.1 Å². The van der Waals surface area contributed by atoms with Crippen molar-refractivity contribution in [3.63, 3.8) is 0 Å². The number of fused-ring (bicyclic) bond motifs is 4. The number of nitrogens with zero attached hydrogens (tertiary/aromatic N) is 4. The van der Waals surface area contributed by atoms with Crippen molar-refractivity contribution in [2.75, 3.05) is 24.0 Å². The molecule has 49 heavy (non-hydrogen) atoms. The van der Waals surface area contributed by atoms with Gasteiger partial charge < -0.3 is 14.6 Å². The number of hydrogen-bond donors (Lipinski definition) is 1. The van der Waals surface area contributed by atoms with Crippen molar-refractivity contribution in [1.29, 1.82) is 0 Å². The number of phenolic OH excluding ortho intramolecular Hbond substituents is 1. The van der Waals surface area contributed by atoms with Crippen molar-refractivity contribution in [2.45, 2.75) is 18.8 Å². The van der Waals surface area contributed by atoms with Gasteiger partial charge in [-0.3, -0.25) is 49.2 Å². The molecule has 6 atom stereocenters. The van der Waals surface area contributed by atoms with Gasteiger partial charge in [0, 0.05) is 47.9 Å². The van der Waals surface area contributed by atoms with E-state index in [-0.39, 0.29) is 52.8 Å². The number of methoxy groups -OCH3 is 2. The van der Waals surface area contributed by atoms with Crippen LogP contribution in [0.15, 0.2) is 72.3 Å². The molecule has 3 fully saturated rings. The summed E-state index contributed by atoms with van der Waals surface area (Å²) in [5, 5.41) is 32.9. The lowest BCUT2D eigenvalue weighted by Gasteiger charge is -2.44. The van der Waals surface area contributed by atoms with Gasteiger partial charge in [0.15, 0.2) is 0 Å². The average molecular weight is 669 g/mol. The number of benzene rings is 3. The Balaban J connectivity index is 1.35. The van der Waals surface area contributed by atoms with Crippen molar-refractivity contribution >= 4 is 46.4 Å². The molecule has 2 heterocycles. The van der Waals surface area contributed by atoms with Gasteiger partial charge in [0.1, 0.15) is 17.2 Å². The lowest BCUT2D eigenvalue weighted by atomic mass is 9.57.